The molecule has 1 heterocycles. The lowest BCUT2D eigenvalue weighted by Crippen LogP contribution is -1.81. The number of aryl methyl sites for hydroxylation is 2. The lowest BCUT2D eigenvalue weighted by Gasteiger charge is -1.96. The van der Waals surface area contributed by atoms with E-state index in [0.717, 1.165) is 22.5 Å². The summed E-state index contributed by atoms with van der Waals surface area (Å²) in [7, 11) is 0. The maximum atomic E-state index is 8.41. The van der Waals surface area contributed by atoms with E-state index in [1.807, 2.05) is 37.3 Å². The van der Waals surface area contributed by atoms with Crippen LogP contribution in [0.2, 0.25) is 0 Å². The summed E-state index contributed by atoms with van der Waals surface area (Å²) in [5.74, 6) is 0.818. The molecule has 0 saturated heterocycles. The van der Waals surface area contributed by atoms with Crippen molar-refractivity contribution in [2.45, 2.75) is 13.8 Å². The van der Waals surface area contributed by atoms with E-state index in [9.17, 15) is 0 Å². The molecule has 0 atom stereocenters. The molecule has 0 saturated carbocycles. The first-order valence-corrected chi connectivity index (χ1v) is 6.58. The second-order valence-corrected chi connectivity index (χ2v) is 4.68. The molecule has 2 aromatic carbocycles. The molecule has 4 heteroatoms. The van der Waals surface area contributed by atoms with Crippen molar-refractivity contribution in [3.05, 3.63) is 71.5 Å². The van der Waals surface area contributed by atoms with E-state index in [1.54, 1.807) is 6.07 Å². The van der Waals surface area contributed by atoms with Crippen molar-refractivity contribution in [2.75, 3.05) is 0 Å². The van der Waals surface area contributed by atoms with Gasteiger partial charge in [-0.3, -0.25) is 5.10 Å². The fraction of sp³-hybridized carbons (Fsp3) is 0.118. The van der Waals surface area contributed by atoms with Crippen LogP contribution >= 0.6 is 0 Å². The summed E-state index contributed by atoms with van der Waals surface area (Å²) in [4.78, 5) is 4.06. The number of H-pyrrole nitrogens is 1. The van der Waals surface area contributed by atoms with Gasteiger partial charge in [0.15, 0.2) is 5.82 Å². The highest BCUT2D eigenvalue weighted by Crippen LogP contribution is 2.14. The Labute approximate surface area is 124 Å². The van der Waals surface area contributed by atoms with Crippen LogP contribution in [0.15, 0.2) is 54.9 Å². The van der Waals surface area contributed by atoms with Crippen molar-refractivity contribution in [1.29, 1.82) is 5.26 Å². The lowest BCUT2D eigenvalue weighted by molar-refractivity contribution is 1.09. The van der Waals surface area contributed by atoms with Crippen molar-refractivity contribution >= 4 is 0 Å². The van der Waals surface area contributed by atoms with Crippen LogP contribution in [-0.4, -0.2) is 15.2 Å². The molecular weight excluding hydrogens is 260 g/mol. The van der Waals surface area contributed by atoms with E-state index in [4.69, 9.17) is 5.26 Å². The molecule has 4 nitrogen and oxygen atoms in total. The fourth-order valence-electron chi connectivity index (χ4n) is 1.85. The number of rotatable bonds is 1. The molecule has 21 heavy (non-hydrogen) atoms. The standard InChI is InChI=1S/C9H9N3.C8H7N/c1-7-3-2-4-8(5-7)9-10-6-11-12-9;1-7-3-2-4-8(5-7)6-9/h2-6H,1H3,(H,10,11,12);2-5H,1H3. The third-order valence-electron chi connectivity index (χ3n) is 2.85. The SMILES string of the molecule is Cc1cccc(-c2ncn[nH]2)c1.Cc1cccc(C#N)c1. The Kier molecular flexibility index (Phi) is 4.84. The second kappa shape index (κ2) is 7.01. The van der Waals surface area contributed by atoms with Gasteiger partial charge in [-0.1, -0.05) is 35.9 Å². The third kappa shape index (κ3) is 4.29. The molecule has 0 spiro atoms. The smallest absolute Gasteiger partial charge is 0.155 e. The van der Waals surface area contributed by atoms with Crippen molar-refractivity contribution < 1.29 is 0 Å². The zero-order valence-corrected chi connectivity index (χ0v) is 12.0. The molecule has 0 radical (unpaired) electrons. The molecule has 0 unspecified atom stereocenters. The number of aromatic amines is 1. The molecular formula is C17H16N4. The lowest BCUT2D eigenvalue weighted by atomic mass is 10.1. The summed E-state index contributed by atoms with van der Waals surface area (Å²) in [6, 6.07) is 17.7. The molecule has 0 amide bonds. The number of nitrogens with zero attached hydrogens (tertiary/aromatic N) is 3. The van der Waals surface area contributed by atoms with Gasteiger partial charge in [0.1, 0.15) is 6.33 Å². The zero-order chi connectivity index (χ0) is 15.1. The van der Waals surface area contributed by atoms with E-state index in [2.05, 4.69) is 40.3 Å². The number of nitrogens with one attached hydrogen (secondary N) is 1. The number of hydrogen-bond donors (Lipinski definition) is 1. The van der Waals surface area contributed by atoms with Crippen molar-refractivity contribution in [3.8, 4) is 17.5 Å². The van der Waals surface area contributed by atoms with Crippen LogP contribution in [0.4, 0.5) is 0 Å². The van der Waals surface area contributed by atoms with Crippen LogP contribution < -0.4 is 0 Å². The van der Waals surface area contributed by atoms with E-state index < -0.39 is 0 Å². The minimum absolute atomic E-state index is 0.731. The predicted molar refractivity (Wildman–Crippen MR) is 82.4 cm³/mol. The Morgan fingerprint density at radius 2 is 1.71 bits per heavy atom. The summed E-state index contributed by atoms with van der Waals surface area (Å²) >= 11 is 0. The van der Waals surface area contributed by atoms with Crippen molar-refractivity contribution in [2.24, 2.45) is 0 Å². The summed E-state index contributed by atoms with van der Waals surface area (Å²) in [5, 5.41) is 15.0. The molecule has 0 aliphatic heterocycles. The van der Waals surface area contributed by atoms with Gasteiger partial charge in [0.25, 0.3) is 0 Å². The average Bonchev–Trinajstić information content (AvgIpc) is 3.02. The molecule has 0 aliphatic rings. The highest BCUT2D eigenvalue weighted by molar-refractivity contribution is 5.54. The number of hydrogen-bond acceptors (Lipinski definition) is 3. The normalized spacial score (nSPS) is 9.38. The number of benzene rings is 2. The summed E-state index contributed by atoms with van der Waals surface area (Å²) in [6.45, 7) is 4.03. The maximum Gasteiger partial charge on any atom is 0.155 e. The van der Waals surface area contributed by atoms with Crippen molar-refractivity contribution in [3.63, 3.8) is 0 Å². The van der Waals surface area contributed by atoms with Gasteiger partial charge < -0.3 is 0 Å². The van der Waals surface area contributed by atoms with Crippen LogP contribution in [0.25, 0.3) is 11.4 Å². The molecule has 3 rings (SSSR count). The van der Waals surface area contributed by atoms with Gasteiger partial charge in [-0.2, -0.15) is 10.4 Å². The van der Waals surface area contributed by atoms with Gasteiger partial charge in [-0.25, -0.2) is 4.98 Å². The highest BCUT2D eigenvalue weighted by Gasteiger charge is 1.98. The van der Waals surface area contributed by atoms with Gasteiger partial charge in [0.2, 0.25) is 0 Å². The summed E-state index contributed by atoms with van der Waals surface area (Å²) < 4.78 is 0. The van der Waals surface area contributed by atoms with Gasteiger partial charge >= 0.3 is 0 Å². The average molecular weight is 276 g/mol. The van der Waals surface area contributed by atoms with Crippen molar-refractivity contribution in [1.82, 2.24) is 15.2 Å². The molecule has 0 bridgehead atoms. The number of nitriles is 1. The minimum Gasteiger partial charge on any atom is -0.259 e. The number of aromatic nitrogens is 3. The molecule has 104 valence electrons. The first-order chi connectivity index (χ1) is 10.2. The van der Waals surface area contributed by atoms with Crippen LogP contribution in [0.5, 0.6) is 0 Å². The van der Waals surface area contributed by atoms with Crippen LogP contribution in [0.1, 0.15) is 16.7 Å². The molecule has 3 aromatic rings. The Balaban J connectivity index is 0.000000161. The van der Waals surface area contributed by atoms with Gasteiger partial charge in [0.05, 0.1) is 11.6 Å². The predicted octanol–water partition coefficient (Wildman–Crippen LogP) is 3.65. The highest BCUT2D eigenvalue weighted by atomic mass is 15.2. The summed E-state index contributed by atoms with van der Waals surface area (Å²) in [5.41, 5.74) is 4.17. The Morgan fingerprint density at radius 1 is 1.00 bits per heavy atom. The first kappa shape index (κ1) is 14.5. The largest absolute Gasteiger partial charge is 0.259 e. The third-order valence-corrected chi connectivity index (χ3v) is 2.85. The van der Waals surface area contributed by atoms with Gasteiger partial charge in [0, 0.05) is 5.56 Å². The summed E-state index contributed by atoms with van der Waals surface area (Å²) in [6.07, 6.45) is 1.51. The second-order valence-electron chi connectivity index (χ2n) is 4.68. The van der Waals surface area contributed by atoms with E-state index in [1.165, 1.54) is 11.9 Å². The van der Waals surface area contributed by atoms with E-state index >= 15 is 0 Å². The quantitative estimate of drug-likeness (QED) is 0.737. The van der Waals surface area contributed by atoms with Crippen LogP contribution in [0.3, 0.4) is 0 Å². The fourth-order valence-corrected chi connectivity index (χ4v) is 1.85. The van der Waals surface area contributed by atoms with Crippen LogP contribution in [0, 0.1) is 25.2 Å². The van der Waals surface area contributed by atoms with Crippen LogP contribution in [-0.2, 0) is 0 Å². The molecule has 1 aromatic heterocycles. The van der Waals surface area contributed by atoms with Gasteiger partial charge in [-0.15, -0.1) is 0 Å². The maximum absolute atomic E-state index is 8.41. The van der Waals surface area contributed by atoms with E-state index in [-0.39, 0.29) is 0 Å². The monoisotopic (exact) mass is 276 g/mol. The minimum atomic E-state index is 0.731. The molecule has 0 aliphatic carbocycles. The Morgan fingerprint density at radius 3 is 2.24 bits per heavy atom. The molecule has 0 fully saturated rings. The van der Waals surface area contributed by atoms with Gasteiger partial charge in [-0.05, 0) is 37.6 Å². The van der Waals surface area contributed by atoms with E-state index in [0.29, 0.717) is 0 Å². The Bertz CT molecular complexity index is 739. The molecule has 1 N–H and O–H groups in total. The zero-order valence-electron chi connectivity index (χ0n) is 12.0. The topological polar surface area (TPSA) is 65.4 Å². The Hall–Kier alpha value is -2.93. The first-order valence-electron chi connectivity index (χ1n) is 6.58.